The molecule has 1 fully saturated rings. The van der Waals surface area contributed by atoms with Crippen LogP contribution in [0.1, 0.15) is 43.2 Å². The standard InChI is InChI=1S/C23H30N2O/c1-2-24-16-18-25(19-17-24)23(26)15-9-14-22(20-10-5-3-6-11-20)21-12-7-4-8-13-21/h3-8,10-13,22H,2,9,14-19H2,1H3. The van der Waals surface area contributed by atoms with Crippen LogP contribution in [-0.4, -0.2) is 48.4 Å². The van der Waals surface area contributed by atoms with Crippen LogP contribution in [0.4, 0.5) is 0 Å². The van der Waals surface area contributed by atoms with E-state index in [0.717, 1.165) is 45.6 Å². The van der Waals surface area contributed by atoms with Crippen molar-refractivity contribution in [2.75, 3.05) is 32.7 Å². The topological polar surface area (TPSA) is 23.6 Å². The van der Waals surface area contributed by atoms with Crippen molar-refractivity contribution >= 4 is 5.91 Å². The lowest BCUT2D eigenvalue weighted by atomic mass is 9.87. The van der Waals surface area contributed by atoms with E-state index in [2.05, 4.69) is 72.5 Å². The van der Waals surface area contributed by atoms with Crippen molar-refractivity contribution in [2.45, 2.75) is 32.1 Å². The lowest BCUT2D eigenvalue weighted by molar-refractivity contribution is -0.133. The molecule has 0 atom stereocenters. The molecule has 1 heterocycles. The minimum atomic E-state index is 0.320. The summed E-state index contributed by atoms with van der Waals surface area (Å²) in [7, 11) is 0. The summed E-state index contributed by atoms with van der Waals surface area (Å²) < 4.78 is 0. The van der Waals surface area contributed by atoms with E-state index in [9.17, 15) is 4.79 Å². The fourth-order valence-electron chi connectivity index (χ4n) is 3.83. The maximum Gasteiger partial charge on any atom is 0.222 e. The van der Waals surface area contributed by atoms with Crippen molar-refractivity contribution in [2.24, 2.45) is 0 Å². The third kappa shape index (κ3) is 4.95. The molecule has 2 aromatic carbocycles. The second-order valence-electron chi connectivity index (χ2n) is 7.08. The first-order chi connectivity index (χ1) is 12.8. The molecule has 0 spiro atoms. The zero-order chi connectivity index (χ0) is 18.2. The van der Waals surface area contributed by atoms with Gasteiger partial charge in [0.2, 0.25) is 5.91 Å². The molecule has 0 bridgehead atoms. The highest BCUT2D eigenvalue weighted by molar-refractivity contribution is 5.76. The average Bonchev–Trinajstić information content (AvgIpc) is 2.72. The molecule has 0 aliphatic carbocycles. The summed E-state index contributed by atoms with van der Waals surface area (Å²) in [5.41, 5.74) is 2.67. The molecular formula is C23H30N2O. The largest absolute Gasteiger partial charge is 0.340 e. The van der Waals surface area contributed by atoms with Gasteiger partial charge in [0.05, 0.1) is 0 Å². The van der Waals surface area contributed by atoms with E-state index in [1.165, 1.54) is 11.1 Å². The summed E-state index contributed by atoms with van der Waals surface area (Å²) in [5.74, 6) is 0.683. The maximum absolute atomic E-state index is 12.6. The van der Waals surface area contributed by atoms with Gasteiger partial charge in [-0.1, -0.05) is 67.6 Å². The number of hydrogen-bond acceptors (Lipinski definition) is 2. The van der Waals surface area contributed by atoms with E-state index in [1.54, 1.807) is 0 Å². The van der Waals surface area contributed by atoms with Gasteiger partial charge in [-0.05, 0) is 30.5 Å². The normalized spacial score (nSPS) is 15.4. The first-order valence-electron chi connectivity index (χ1n) is 9.88. The molecule has 0 N–H and O–H groups in total. The zero-order valence-corrected chi connectivity index (χ0v) is 15.8. The van der Waals surface area contributed by atoms with Gasteiger partial charge in [-0.2, -0.15) is 0 Å². The Morgan fingerprint density at radius 1 is 0.885 bits per heavy atom. The predicted molar refractivity (Wildman–Crippen MR) is 107 cm³/mol. The van der Waals surface area contributed by atoms with Crippen molar-refractivity contribution < 1.29 is 4.79 Å². The Morgan fingerprint density at radius 3 is 1.92 bits per heavy atom. The van der Waals surface area contributed by atoms with Crippen LogP contribution in [0, 0.1) is 0 Å². The van der Waals surface area contributed by atoms with E-state index in [0.29, 0.717) is 18.2 Å². The van der Waals surface area contributed by atoms with Gasteiger partial charge in [-0.25, -0.2) is 0 Å². The number of likely N-dealkylation sites (N-methyl/N-ethyl adjacent to an activating group) is 1. The second-order valence-corrected chi connectivity index (χ2v) is 7.08. The molecule has 0 unspecified atom stereocenters. The highest BCUT2D eigenvalue weighted by atomic mass is 16.2. The third-order valence-corrected chi connectivity index (χ3v) is 5.46. The van der Waals surface area contributed by atoms with Crippen LogP contribution in [0.15, 0.2) is 60.7 Å². The second kappa shape index (κ2) is 9.54. The minimum Gasteiger partial charge on any atom is -0.340 e. The van der Waals surface area contributed by atoms with Crippen molar-refractivity contribution in [3.05, 3.63) is 71.8 Å². The summed E-state index contributed by atoms with van der Waals surface area (Å²) in [6, 6.07) is 21.3. The van der Waals surface area contributed by atoms with Crippen molar-refractivity contribution in [3.8, 4) is 0 Å². The first-order valence-corrected chi connectivity index (χ1v) is 9.88. The quantitative estimate of drug-likeness (QED) is 0.749. The van der Waals surface area contributed by atoms with Gasteiger partial charge < -0.3 is 9.80 Å². The van der Waals surface area contributed by atoms with Gasteiger partial charge in [0.25, 0.3) is 0 Å². The molecule has 1 amide bonds. The highest BCUT2D eigenvalue weighted by Crippen LogP contribution is 2.29. The molecule has 26 heavy (non-hydrogen) atoms. The van der Waals surface area contributed by atoms with Crippen LogP contribution in [-0.2, 0) is 4.79 Å². The van der Waals surface area contributed by atoms with Gasteiger partial charge in [-0.15, -0.1) is 0 Å². The Hall–Kier alpha value is -2.13. The van der Waals surface area contributed by atoms with Crippen molar-refractivity contribution in [3.63, 3.8) is 0 Å². The number of carbonyl (C=O) groups is 1. The molecule has 3 rings (SSSR count). The SMILES string of the molecule is CCN1CCN(C(=O)CCCC(c2ccccc2)c2ccccc2)CC1. The van der Waals surface area contributed by atoms with Gasteiger partial charge in [-0.3, -0.25) is 4.79 Å². The average molecular weight is 351 g/mol. The van der Waals surface area contributed by atoms with Gasteiger partial charge >= 0.3 is 0 Å². The van der Waals surface area contributed by atoms with Crippen molar-refractivity contribution in [1.29, 1.82) is 0 Å². The predicted octanol–water partition coefficient (Wildman–Crippen LogP) is 4.15. The van der Waals surface area contributed by atoms with Crippen LogP contribution >= 0.6 is 0 Å². The van der Waals surface area contributed by atoms with E-state index in [1.807, 2.05) is 4.90 Å². The smallest absolute Gasteiger partial charge is 0.222 e. The number of benzene rings is 2. The number of carbonyl (C=O) groups excluding carboxylic acids is 1. The number of hydrogen-bond donors (Lipinski definition) is 0. The number of piperazine rings is 1. The third-order valence-electron chi connectivity index (χ3n) is 5.46. The molecule has 0 radical (unpaired) electrons. The zero-order valence-electron chi connectivity index (χ0n) is 15.8. The van der Waals surface area contributed by atoms with Gasteiger partial charge in [0.1, 0.15) is 0 Å². The monoisotopic (exact) mass is 350 g/mol. The van der Waals surface area contributed by atoms with Gasteiger partial charge in [0, 0.05) is 38.5 Å². The molecule has 3 heteroatoms. The maximum atomic E-state index is 12.6. The molecule has 3 nitrogen and oxygen atoms in total. The lowest BCUT2D eigenvalue weighted by Gasteiger charge is -2.34. The summed E-state index contributed by atoms with van der Waals surface area (Å²) in [6.07, 6.45) is 2.60. The summed E-state index contributed by atoms with van der Waals surface area (Å²) in [4.78, 5) is 17.0. The van der Waals surface area contributed by atoms with Crippen LogP contribution in [0.5, 0.6) is 0 Å². The van der Waals surface area contributed by atoms with E-state index in [4.69, 9.17) is 0 Å². The molecular weight excluding hydrogens is 320 g/mol. The number of amides is 1. The highest BCUT2D eigenvalue weighted by Gasteiger charge is 2.20. The van der Waals surface area contributed by atoms with E-state index >= 15 is 0 Å². The molecule has 138 valence electrons. The fourth-order valence-corrected chi connectivity index (χ4v) is 3.83. The summed E-state index contributed by atoms with van der Waals surface area (Å²) in [5, 5.41) is 0. The Balaban J connectivity index is 1.56. The molecule has 1 aliphatic rings. The van der Waals surface area contributed by atoms with Crippen LogP contribution in [0.3, 0.4) is 0 Å². The summed E-state index contributed by atoms with van der Waals surface area (Å²) >= 11 is 0. The Morgan fingerprint density at radius 2 is 1.42 bits per heavy atom. The number of nitrogens with zero attached hydrogens (tertiary/aromatic N) is 2. The van der Waals surface area contributed by atoms with Gasteiger partial charge in [0.15, 0.2) is 0 Å². The van der Waals surface area contributed by atoms with Crippen LogP contribution < -0.4 is 0 Å². The fraction of sp³-hybridized carbons (Fsp3) is 0.435. The lowest BCUT2D eigenvalue weighted by Crippen LogP contribution is -2.48. The Labute approximate surface area is 157 Å². The Bertz CT molecular complexity index is 624. The molecule has 0 saturated carbocycles. The summed E-state index contributed by atoms with van der Waals surface area (Å²) in [6.45, 7) is 7.06. The molecule has 1 saturated heterocycles. The van der Waals surface area contributed by atoms with E-state index in [-0.39, 0.29) is 0 Å². The minimum absolute atomic E-state index is 0.320. The van der Waals surface area contributed by atoms with Crippen molar-refractivity contribution in [1.82, 2.24) is 9.80 Å². The molecule has 2 aromatic rings. The number of rotatable bonds is 7. The van der Waals surface area contributed by atoms with Crippen LogP contribution in [0.2, 0.25) is 0 Å². The molecule has 0 aromatic heterocycles. The van der Waals surface area contributed by atoms with Crippen LogP contribution in [0.25, 0.3) is 0 Å². The first kappa shape index (κ1) is 18.7. The van der Waals surface area contributed by atoms with E-state index < -0.39 is 0 Å². The molecule has 1 aliphatic heterocycles. The Kier molecular flexibility index (Phi) is 6.84.